The van der Waals surface area contributed by atoms with Crippen LogP contribution in [0.15, 0.2) is 36.5 Å². The van der Waals surface area contributed by atoms with Crippen LogP contribution in [0.3, 0.4) is 0 Å². The van der Waals surface area contributed by atoms with E-state index in [2.05, 4.69) is 31.8 Å². The highest BCUT2D eigenvalue weighted by molar-refractivity contribution is 5.84. The maximum absolute atomic E-state index is 10.3. The molecule has 1 heterocycles. The number of fused-ring (bicyclic) bond motifs is 1. The van der Waals surface area contributed by atoms with E-state index in [1.54, 1.807) is 6.20 Å². The third kappa shape index (κ3) is 3.08. The van der Waals surface area contributed by atoms with Crippen molar-refractivity contribution in [2.24, 2.45) is 5.41 Å². The van der Waals surface area contributed by atoms with Crippen molar-refractivity contribution < 1.29 is 5.11 Å². The van der Waals surface area contributed by atoms with E-state index in [-0.39, 0.29) is 5.41 Å². The zero-order valence-electron chi connectivity index (χ0n) is 11.4. The molecule has 0 spiro atoms. The Bertz CT molecular complexity index is 523. The molecule has 0 aliphatic carbocycles. The molecule has 2 aromatic rings. The summed E-state index contributed by atoms with van der Waals surface area (Å²) in [5.41, 5.74) is 1.04. The second-order valence-corrected chi connectivity index (χ2v) is 6.03. The molecule has 0 saturated carbocycles. The molecule has 1 aromatic heterocycles. The summed E-state index contributed by atoms with van der Waals surface area (Å²) >= 11 is 0. The van der Waals surface area contributed by atoms with Crippen LogP contribution in [0.1, 0.15) is 45.4 Å². The summed E-state index contributed by atoms with van der Waals surface area (Å²) < 4.78 is 0. The lowest BCUT2D eigenvalue weighted by molar-refractivity contribution is 0.145. The van der Waals surface area contributed by atoms with Gasteiger partial charge in [0.15, 0.2) is 0 Å². The zero-order valence-corrected chi connectivity index (χ0v) is 11.4. The molecule has 2 nitrogen and oxygen atoms in total. The molecule has 1 unspecified atom stereocenters. The minimum Gasteiger partial charge on any atom is -0.387 e. The first kappa shape index (κ1) is 13.0. The van der Waals surface area contributed by atoms with Crippen LogP contribution >= 0.6 is 0 Å². The molecule has 0 amide bonds. The molecular weight excluding hydrogens is 222 g/mol. The lowest BCUT2D eigenvalue weighted by atomic mass is 9.88. The van der Waals surface area contributed by atoms with Crippen molar-refractivity contribution in [3.05, 3.63) is 42.2 Å². The van der Waals surface area contributed by atoms with E-state index in [1.165, 1.54) is 0 Å². The van der Waals surface area contributed by atoms with E-state index in [4.69, 9.17) is 0 Å². The summed E-state index contributed by atoms with van der Waals surface area (Å²) in [6.07, 6.45) is 3.04. The third-order valence-corrected chi connectivity index (χ3v) is 3.19. The van der Waals surface area contributed by atoms with E-state index in [1.807, 2.05) is 24.3 Å². The quantitative estimate of drug-likeness (QED) is 0.880. The summed E-state index contributed by atoms with van der Waals surface area (Å²) in [7, 11) is 0. The molecule has 0 saturated heterocycles. The Hall–Kier alpha value is -1.41. The number of rotatable bonds is 3. The number of aliphatic hydroxyl groups is 1. The predicted octanol–water partition coefficient (Wildman–Crippen LogP) is 4.09. The molecule has 0 radical (unpaired) electrons. The van der Waals surface area contributed by atoms with Crippen LogP contribution in [0, 0.1) is 5.41 Å². The highest BCUT2D eigenvalue weighted by Gasteiger charge is 2.17. The van der Waals surface area contributed by atoms with Crippen LogP contribution in [-0.4, -0.2) is 10.1 Å². The third-order valence-electron chi connectivity index (χ3n) is 3.19. The van der Waals surface area contributed by atoms with Gasteiger partial charge in [0.25, 0.3) is 0 Å². The smallest absolute Gasteiger partial charge is 0.0966 e. The van der Waals surface area contributed by atoms with Gasteiger partial charge in [0.1, 0.15) is 0 Å². The number of pyridine rings is 1. The highest BCUT2D eigenvalue weighted by Crippen LogP contribution is 2.29. The van der Waals surface area contributed by atoms with Crippen molar-refractivity contribution in [1.29, 1.82) is 0 Å². The van der Waals surface area contributed by atoms with Crippen molar-refractivity contribution in [2.45, 2.75) is 39.7 Å². The first-order chi connectivity index (χ1) is 8.47. The van der Waals surface area contributed by atoms with Gasteiger partial charge in [0, 0.05) is 11.6 Å². The zero-order chi connectivity index (χ0) is 13.2. The summed E-state index contributed by atoms with van der Waals surface area (Å²) in [4.78, 5) is 4.36. The number of hydrogen-bond acceptors (Lipinski definition) is 2. The van der Waals surface area contributed by atoms with Crippen LogP contribution < -0.4 is 0 Å². The van der Waals surface area contributed by atoms with Crippen LogP contribution in [0.4, 0.5) is 0 Å². The molecule has 0 aliphatic heterocycles. The number of nitrogens with zero attached hydrogens (tertiary/aromatic N) is 1. The topological polar surface area (TPSA) is 33.1 Å². The van der Waals surface area contributed by atoms with Crippen LogP contribution in [0.25, 0.3) is 10.8 Å². The summed E-state index contributed by atoms with van der Waals surface area (Å²) in [6.45, 7) is 6.57. The average molecular weight is 243 g/mol. The van der Waals surface area contributed by atoms with Crippen LogP contribution in [0.5, 0.6) is 0 Å². The van der Waals surface area contributed by atoms with Crippen molar-refractivity contribution in [1.82, 2.24) is 4.98 Å². The van der Waals surface area contributed by atoms with Gasteiger partial charge in [-0.15, -0.1) is 0 Å². The van der Waals surface area contributed by atoms with Gasteiger partial charge in [-0.1, -0.05) is 45.0 Å². The minimum atomic E-state index is -0.477. The fourth-order valence-electron chi connectivity index (χ4n) is 2.12. The Balaban J connectivity index is 2.25. The van der Waals surface area contributed by atoms with Crippen molar-refractivity contribution in [3.63, 3.8) is 0 Å². The van der Waals surface area contributed by atoms with Crippen LogP contribution in [0.2, 0.25) is 0 Å². The van der Waals surface area contributed by atoms with Crippen molar-refractivity contribution >= 4 is 10.8 Å². The van der Waals surface area contributed by atoms with Gasteiger partial charge in [0.05, 0.1) is 11.8 Å². The molecule has 0 bridgehead atoms. The van der Waals surface area contributed by atoms with E-state index in [0.29, 0.717) is 0 Å². The maximum Gasteiger partial charge on any atom is 0.0966 e. The summed E-state index contributed by atoms with van der Waals surface area (Å²) in [5.74, 6) is 0. The Morgan fingerprint density at radius 3 is 2.61 bits per heavy atom. The Labute approximate surface area is 109 Å². The molecule has 1 N–H and O–H groups in total. The molecule has 0 aliphatic rings. The normalized spacial score (nSPS) is 13.8. The molecule has 1 atom stereocenters. The van der Waals surface area contributed by atoms with Gasteiger partial charge in [-0.05, 0) is 29.7 Å². The van der Waals surface area contributed by atoms with E-state index >= 15 is 0 Å². The first-order valence-corrected chi connectivity index (χ1v) is 6.49. The van der Waals surface area contributed by atoms with E-state index in [0.717, 1.165) is 29.3 Å². The SMILES string of the molecule is CC(C)(C)CCC(O)c1nccc2ccccc12. The molecule has 0 fully saturated rings. The molecule has 96 valence electrons. The largest absolute Gasteiger partial charge is 0.387 e. The number of hydrogen-bond donors (Lipinski definition) is 1. The lowest BCUT2D eigenvalue weighted by Gasteiger charge is -2.20. The average Bonchev–Trinajstić information content (AvgIpc) is 2.34. The Morgan fingerprint density at radius 2 is 1.89 bits per heavy atom. The number of aliphatic hydroxyl groups excluding tert-OH is 1. The number of benzene rings is 1. The molecule has 2 heteroatoms. The predicted molar refractivity (Wildman–Crippen MR) is 75.4 cm³/mol. The van der Waals surface area contributed by atoms with Crippen LogP contribution in [-0.2, 0) is 0 Å². The summed E-state index contributed by atoms with van der Waals surface area (Å²) in [6, 6.07) is 10.1. The fraction of sp³-hybridized carbons (Fsp3) is 0.438. The van der Waals surface area contributed by atoms with E-state index < -0.39 is 6.10 Å². The summed E-state index contributed by atoms with van der Waals surface area (Å²) in [5, 5.41) is 12.5. The second kappa shape index (κ2) is 5.07. The lowest BCUT2D eigenvalue weighted by Crippen LogP contribution is -2.09. The first-order valence-electron chi connectivity index (χ1n) is 6.49. The van der Waals surface area contributed by atoms with Gasteiger partial charge >= 0.3 is 0 Å². The van der Waals surface area contributed by atoms with E-state index in [9.17, 15) is 5.11 Å². The molecular formula is C16H21NO. The minimum absolute atomic E-state index is 0.242. The molecule has 1 aromatic carbocycles. The van der Waals surface area contributed by atoms with Gasteiger partial charge in [-0.25, -0.2) is 0 Å². The van der Waals surface area contributed by atoms with Gasteiger partial charge in [-0.2, -0.15) is 0 Å². The monoisotopic (exact) mass is 243 g/mol. The Morgan fingerprint density at radius 1 is 1.17 bits per heavy atom. The highest BCUT2D eigenvalue weighted by atomic mass is 16.3. The van der Waals surface area contributed by atoms with Crippen molar-refractivity contribution in [2.75, 3.05) is 0 Å². The van der Waals surface area contributed by atoms with Gasteiger partial charge < -0.3 is 5.11 Å². The van der Waals surface area contributed by atoms with Crippen molar-refractivity contribution in [3.8, 4) is 0 Å². The standard InChI is InChI=1S/C16H21NO/c1-16(2,3)10-8-14(18)15-13-7-5-4-6-12(13)9-11-17-15/h4-7,9,11,14,18H,8,10H2,1-3H3. The maximum atomic E-state index is 10.3. The van der Waals surface area contributed by atoms with Gasteiger partial charge in [-0.3, -0.25) is 4.98 Å². The Kier molecular flexibility index (Phi) is 3.67. The molecule has 2 rings (SSSR count). The second-order valence-electron chi connectivity index (χ2n) is 6.03. The fourth-order valence-corrected chi connectivity index (χ4v) is 2.12. The molecule has 18 heavy (non-hydrogen) atoms. The van der Waals surface area contributed by atoms with Gasteiger partial charge in [0.2, 0.25) is 0 Å². The number of aromatic nitrogens is 1.